The highest BCUT2D eigenvalue weighted by atomic mass is 32.1. The fraction of sp³-hybridized carbons (Fsp3) is 0. The van der Waals surface area contributed by atoms with Gasteiger partial charge in [-0.3, -0.25) is 30.3 Å². The molecule has 0 aliphatic carbocycles. The molecule has 0 unspecified atom stereocenters. The van der Waals surface area contributed by atoms with E-state index in [1.54, 1.807) is 6.07 Å². The van der Waals surface area contributed by atoms with Crippen LogP contribution in [0.1, 0.15) is 5.56 Å². The molecular formula is C12H8N4O5S. The molecule has 22 heavy (non-hydrogen) atoms. The Morgan fingerprint density at radius 3 is 2.59 bits per heavy atom. The maximum atomic E-state index is 11.7. The number of anilines is 1. The summed E-state index contributed by atoms with van der Waals surface area (Å²) in [5.74, 6) is -0.595. The van der Waals surface area contributed by atoms with Crippen LogP contribution in [0, 0.1) is 20.2 Å². The van der Waals surface area contributed by atoms with Crippen LogP contribution in [-0.2, 0) is 4.79 Å². The average molecular weight is 320 g/mol. The zero-order valence-corrected chi connectivity index (χ0v) is 11.6. The first-order valence-electron chi connectivity index (χ1n) is 5.80. The van der Waals surface area contributed by atoms with E-state index < -0.39 is 15.8 Å². The van der Waals surface area contributed by atoms with Gasteiger partial charge in [-0.15, -0.1) is 0 Å². The van der Waals surface area contributed by atoms with Crippen molar-refractivity contribution in [2.45, 2.75) is 0 Å². The quantitative estimate of drug-likeness (QED) is 0.512. The van der Waals surface area contributed by atoms with Crippen molar-refractivity contribution in [3.05, 3.63) is 62.3 Å². The molecule has 112 valence electrons. The predicted molar refractivity (Wildman–Crippen MR) is 79.5 cm³/mol. The molecule has 0 atom stereocenters. The van der Waals surface area contributed by atoms with Gasteiger partial charge in [0.1, 0.15) is 6.20 Å². The van der Waals surface area contributed by atoms with Gasteiger partial charge in [-0.05, 0) is 23.5 Å². The van der Waals surface area contributed by atoms with Gasteiger partial charge >= 0.3 is 5.00 Å². The molecule has 0 saturated heterocycles. The zero-order valence-electron chi connectivity index (χ0n) is 10.8. The first kappa shape index (κ1) is 15.3. The van der Waals surface area contributed by atoms with Crippen molar-refractivity contribution in [3.63, 3.8) is 0 Å². The van der Waals surface area contributed by atoms with E-state index in [1.165, 1.54) is 24.3 Å². The molecule has 9 nitrogen and oxygen atoms in total. The van der Waals surface area contributed by atoms with Gasteiger partial charge in [0.15, 0.2) is 5.13 Å². The molecule has 2 aromatic rings. The Kier molecular flexibility index (Phi) is 4.53. The molecule has 0 saturated carbocycles. The summed E-state index contributed by atoms with van der Waals surface area (Å²) in [6, 6.07) is 5.94. The maximum absolute atomic E-state index is 11.7. The average Bonchev–Trinajstić information content (AvgIpc) is 2.94. The van der Waals surface area contributed by atoms with Crippen molar-refractivity contribution < 1.29 is 14.6 Å². The molecule has 0 aliphatic heterocycles. The van der Waals surface area contributed by atoms with Crippen molar-refractivity contribution in [2.24, 2.45) is 0 Å². The third-order valence-corrected chi connectivity index (χ3v) is 3.32. The fourth-order valence-electron chi connectivity index (χ4n) is 1.52. The summed E-state index contributed by atoms with van der Waals surface area (Å²) >= 11 is 0.715. The highest BCUT2D eigenvalue weighted by Gasteiger charge is 2.13. The van der Waals surface area contributed by atoms with Gasteiger partial charge in [0, 0.05) is 12.1 Å². The number of nitro benzene ring substituents is 1. The summed E-state index contributed by atoms with van der Waals surface area (Å²) in [7, 11) is 0. The topological polar surface area (TPSA) is 128 Å². The summed E-state index contributed by atoms with van der Waals surface area (Å²) in [5.41, 5.74) is 0.143. The van der Waals surface area contributed by atoms with Crippen molar-refractivity contribution >= 4 is 39.1 Å². The van der Waals surface area contributed by atoms with Gasteiger partial charge in [0.2, 0.25) is 5.91 Å². The number of nitrogens with one attached hydrogen (secondary N) is 1. The molecule has 10 heteroatoms. The lowest BCUT2D eigenvalue weighted by Crippen LogP contribution is -2.07. The van der Waals surface area contributed by atoms with Gasteiger partial charge < -0.3 is 0 Å². The van der Waals surface area contributed by atoms with Crippen LogP contribution in [0.3, 0.4) is 0 Å². The molecule has 1 N–H and O–H groups in total. The first-order chi connectivity index (χ1) is 10.5. The standard InChI is InChI=1S/C12H8N4O5S/c17-10(14-12-13-7-11(22-12)16(20)21)6-5-8-3-1-2-4-9(8)15(18)19/h1-7H,(H,13,14,17)/b6-5+. The number of rotatable bonds is 5. The second-order valence-corrected chi connectivity index (χ2v) is 4.91. The third-order valence-electron chi connectivity index (χ3n) is 2.45. The van der Waals surface area contributed by atoms with E-state index in [0.717, 1.165) is 12.3 Å². The number of amides is 1. The van der Waals surface area contributed by atoms with Crippen LogP contribution in [-0.4, -0.2) is 20.7 Å². The zero-order chi connectivity index (χ0) is 16.1. The number of para-hydroxylation sites is 1. The van der Waals surface area contributed by atoms with E-state index in [0.29, 0.717) is 11.3 Å². The van der Waals surface area contributed by atoms with Crippen LogP contribution < -0.4 is 5.32 Å². The first-order valence-corrected chi connectivity index (χ1v) is 6.61. The van der Waals surface area contributed by atoms with Crippen LogP contribution in [0.4, 0.5) is 15.8 Å². The van der Waals surface area contributed by atoms with E-state index >= 15 is 0 Å². The summed E-state index contributed by atoms with van der Waals surface area (Å²) in [5, 5.41) is 23.5. The number of hydrogen-bond donors (Lipinski definition) is 1. The monoisotopic (exact) mass is 320 g/mol. The number of carbonyl (C=O) groups is 1. The molecule has 2 rings (SSSR count). The minimum atomic E-state index is -0.615. The number of nitro groups is 2. The number of carbonyl (C=O) groups excluding carboxylic acids is 1. The second kappa shape index (κ2) is 6.54. The molecule has 0 bridgehead atoms. The van der Waals surface area contributed by atoms with Crippen molar-refractivity contribution in [1.82, 2.24) is 4.98 Å². The molecule has 0 spiro atoms. The van der Waals surface area contributed by atoms with E-state index in [-0.39, 0.29) is 21.4 Å². The smallest absolute Gasteiger partial charge is 0.298 e. The Morgan fingerprint density at radius 2 is 1.95 bits per heavy atom. The number of thiazole rings is 1. The van der Waals surface area contributed by atoms with Gasteiger partial charge in [0.25, 0.3) is 5.69 Å². The van der Waals surface area contributed by atoms with E-state index in [1.807, 2.05) is 0 Å². The third kappa shape index (κ3) is 3.70. The molecule has 1 aromatic heterocycles. The molecule has 0 fully saturated rings. The Labute approximate surface area is 127 Å². The Morgan fingerprint density at radius 1 is 1.23 bits per heavy atom. The molecule has 0 radical (unpaired) electrons. The summed E-state index contributed by atoms with van der Waals surface area (Å²) < 4.78 is 0. The minimum absolute atomic E-state index is 0.0731. The van der Waals surface area contributed by atoms with Crippen molar-refractivity contribution in [2.75, 3.05) is 5.32 Å². The predicted octanol–water partition coefficient (Wildman–Crippen LogP) is 2.61. The Bertz CT molecular complexity index is 770. The highest BCUT2D eigenvalue weighted by molar-refractivity contribution is 7.18. The number of hydrogen-bond acceptors (Lipinski definition) is 7. The summed E-state index contributed by atoms with van der Waals surface area (Å²) in [4.78, 5) is 35.5. The number of benzene rings is 1. The van der Waals surface area contributed by atoms with Crippen LogP contribution in [0.5, 0.6) is 0 Å². The lowest BCUT2D eigenvalue weighted by molar-refractivity contribution is -0.385. The molecule has 1 heterocycles. The largest absolute Gasteiger partial charge is 0.345 e. The van der Waals surface area contributed by atoms with Crippen LogP contribution in [0.2, 0.25) is 0 Å². The van der Waals surface area contributed by atoms with Crippen LogP contribution >= 0.6 is 11.3 Å². The maximum Gasteiger partial charge on any atom is 0.345 e. The van der Waals surface area contributed by atoms with Crippen LogP contribution in [0.15, 0.2) is 36.5 Å². The van der Waals surface area contributed by atoms with Crippen molar-refractivity contribution in [1.29, 1.82) is 0 Å². The summed E-state index contributed by atoms with van der Waals surface area (Å²) in [6.45, 7) is 0. The lowest BCUT2D eigenvalue weighted by Gasteiger charge is -1.97. The number of nitrogens with zero attached hydrogens (tertiary/aromatic N) is 3. The molecular weight excluding hydrogens is 312 g/mol. The molecule has 1 amide bonds. The SMILES string of the molecule is O=C(/C=C/c1ccccc1[N+](=O)[O-])Nc1ncc([N+](=O)[O-])s1. The highest BCUT2D eigenvalue weighted by Crippen LogP contribution is 2.25. The fourth-order valence-corrected chi connectivity index (χ4v) is 2.15. The summed E-state index contributed by atoms with van der Waals surface area (Å²) in [6.07, 6.45) is 3.41. The van der Waals surface area contributed by atoms with Gasteiger partial charge in [-0.25, -0.2) is 4.98 Å². The van der Waals surface area contributed by atoms with E-state index in [9.17, 15) is 25.0 Å². The van der Waals surface area contributed by atoms with Gasteiger partial charge in [0.05, 0.1) is 15.4 Å². The van der Waals surface area contributed by atoms with Crippen LogP contribution in [0.25, 0.3) is 6.08 Å². The van der Waals surface area contributed by atoms with E-state index in [2.05, 4.69) is 10.3 Å². The molecule has 1 aromatic carbocycles. The second-order valence-electron chi connectivity index (χ2n) is 3.90. The lowest BCUT2D eigenvalue weighted by atomic mass is 10.1. The molecule has 0 aliphatic rings. The minimum Gasteiger partial charge on any atom is -0.298 e. The Balaban J connectivity index is 2.08. The van der Waals surface area contributed by atoms with Crippen molar-refractivity contribution in [3.8, 4) is 0 Å². The van der Waals surface area contributed by atoms with Gasteiger partial charge in [-0.2, -0.15) is 0 Å². The van der Waals surface area contributed by atoms with E-state index in [4.69, 9.17) is 0 Å². The number of aromatic nitrogens is 1. The van der Waals surface area contributed by atoms with Gasteiger partial charge in [-0.1, -0.05) is 12.1 Å². The Hall–Kier alpha value is -3.14. The normalized spacial score (nSPS) is 10.5.